The second-order valence-corrected chi connectivity index (χ2v) is 9.80. The summed E-state index contributed by atoms with van der Waals surface area (Å²) < 4.78 is 30.2. The normalized spacial score (nSPS) is 24.2. The van der Waals surface area contributed by atoms with E-state index in [0.29, 0.717) is 42.2 Å². The Labute approximate surface area is 192 Å². The van der Waals surface area contributed by atoms with Crippen molar-refractivity contribution in [2.45, 2.75) is 24.5 Å². The third kappa shape index (κ3) is 3.13. The van der Waals surface area contributed by atoms with Gasteiger partial charge in [-0.2, -0.15) is 5.10 Å². The number of aliphatic hydroxyl groups excluding tert-OH is 1. The van der Waals surface area contributed by atoms with Gasteiger partial charge in [0.2, 0.25) is 0 Å². The average molecular weight is 470 g/mol. The molecular weight excluding hydrogens is 448 g/mol. The monoisotopic (exact) mass is 469 g/mol. The molecule has 0 bridgehead atoms. The number of fused-ring (bicyclic) bond motifs is 2. The first-order valence-electron chi connectivity index (χ1n) is 10.7. The zero-order valence-electron chi connectivity index (χ0n) is 17.5. The molecule has 3 aromatic rings. The number of β-amino-alcohol motifs (C(OH)–C–C–N with tert-alkyl or cyclic N) is 1. The number of rotatable bonds is 3. The van der Waals surface area contributed by atoms with Gasteiger partial charge in [-0.05, 0) is 54.8 Å². The zero-order chi connectivity index (χ0) is 22.9. The number of nitrogens with one attached hydrogen (secondary N) is 2. The SMILES string of the molecule is N=C(SC(=N)N1CC(O)C1)c1cnn2ccc(N3CC[C@H]4C[C@]43c3cc(F)ccc3F)nc12. The molecule has 3 aliphatic rings. The van der Waals surface area contributed by atoms with E-state index in [4.69, 9.17) is 15.8 Å². The van der Waals surface area contributed by atoms with Crippen LogP contribution in [0.2, 0.25) is 0 Å². The number of piperidine rings is 1. The molecule has 1 saturated carbocycles. The number of nitrogens with zero attached hydrogens (tertiary/aromatic N) is 5. The van der Waals surface area contributed by atoms with E-state index in [2.05, 4.69) is 5.10 Å². The van der Waals surface area contributed by atoms with E-state index in [0.717, 1.165) is 30.7 Å². The highest BCUT2D eigenvalue weighted by atomic mass is 32.2. The molecule has 3 fully saturated rings. The fraction of sp³-hybridized carbons (Fsp3) is 0.364. The number of benzene rings is 1. The average Bonchev–Trinajstić information content (AvgIpc) is 3.15. The molecule has 0 amide bonds. The van der Waals surface area contributed by atoms with E-state index in [1.54, 1.807) is 21.8 Å². The number of hydrogen-bond donors (Lipinski definition) is 3. The van der Waals surface area contributed by atoms with Gasteiger partial charge in [-0.15, -0.1) is 0 Å². The zero-order valence-corrected chi connectivity index (χ0v) is 18.3. The molecule has 33 heavy (non-hydrogen) atoms. The van der Waals surface area contributed by atoms with E-state index in [-0.39, 0.29) is 16.1 Å². The minimum atomic E-state index is -0.597. The maximum atomic E-state index is 14.7. The van der Waals surface area contributed by atoms with Crippen LogP contribution in [-0.4, -0.2) is 60.6 Å². The predicted molar refractivity (Wildman–Crippen MR) is 121 cm³/mol. The van der Waals surface area contributed by atoms with Crippen LogP contribution in [0.4, 0.5) is 14.6 Å². The van der Waals surface area contributed by atoms with Crippen LogP contribution in [-0.2, 0) is 5.54 Å². The van der Waals surface area contributed by atoms with Crippen LogP contribution in [0.5, 0.6) is 0 Å². The summed E-state index contributed by atoms with van der Waals surface area (Å²) in [6.45, 7) is 1.47. The summed E-state index contributed by atoms with van der Waals surface area (Å²) in [5.41, 5.74) is 0.736. The topological polar surface area (TPSA) is 105 Å². The van der Waals surface area contributed by atoms with E-state index in [1.807, 2.05) is 11.0 Å². The molecule has 4 heterocycles. The van der Waals surface area contributed by atoms with Crippen molar-refractivity contribution in [1.29, 1.82) is 10.8 Å². The highest BCUT2D eigenvalue weighted by Gasteiger charge is 2.64. The third-order valence-electron chi connectivity index (χ3n) is 6.87. The van der Waals surface area contributed by atoms with Gasteiger partial charge in [-0.25, -0.2) is 18.3 Å². The lowest BCUT2D eigenvalue weighted by molar-refractivity contribution is 0.0483. The summed E-state index contributed by atoms with van der Waals surface area (Å²) in [7, 11) is 0. The maximum Gasteiger partial charge on any atom is 0.167 e. The van der Waals surface area contributed by atoms with Gasteiger partial charge in [0.15, 0.2) is 10.8 Å². The molecule has 11 heteroatoms. The molecule has 6 rings (SSSR count). The van der Waals surface area contributed by atoms with Gasteiger partial charge in [0.1, 0.15) is 22.5 Å². The van der Waals surface area contributed by atoms with Crippen molar-refractivity contribution in [3.05, 3.63) is 59.4 Å². The van der Waals surface area contributed by atoms with Crippen molar-refractivity contribution in [3.63, 3.8) is 0 Å². The minimum Gasteiger partial charge on any atom is -0.389 e. The molecule has 170 valence electrons. The van der Waals surface area contributed by atoms with Gasteiger partial charge in [0.05, 0.1) is 23.4 Å². The Kier molecular flexibility index (Phi) is 4.50. The second kappa shape index (κ2) is 7.22. The van der Waals surface area contributed by atoms with Crippen LogP contribution in [0, 0.1) is 28.4 Å². The summed E-state index contributed by atoms with van der Waals surface area (Å²) in [4.78, 5) is 8.51. The summed E-state index contributed by atoms with van der Waals surface area (Å²) in [5, 5.41) is 30.7. The maximum absolute atomic E-state index is 14.7. The lowest BCUT2D eigenvalue weighted by atomic mass is 10.0. The molecule has 1 aliphatic carbocycles. The van der Waals surface area contributed by atoms with E-state index >= 15 is 0 Å². The van der Waals surface area contributed by atoms with E-state index < -0.39 is 23.3 Å². The molecule has 2 saturated heterocycles. The van der Waals surface area contributed by atoms with Crippen molar-refractivity contribution in [1.82, 2.24) is 19.5 Å². The number of thioether (sulfide) groups is 1. The van der Waals surface area contributed by atoms with Crippen LogP contribution >= 0.6 is 11.8 Å². The fourth-order valence-corrected chi connectivity index (χ4v) is 5.83. The predicted octanol–water partition coefficient (Wildman–Crippen LogP) is 2.80. The summed E-state index contributed by atoms with van der Waals surface area (Å²) in [6, 6.07) is 5.42. The molecule has 0 spiro atoms. The molecule has 2 atom stereocenters. The molecule has 8 nitrogen and oxygen atoms in total. The van der Waals surface area contributed by atoms with Crippen molar-refractivity contribution in [3.8, 4) is 0 Å². The molecular formula is C22H21F2N7OS. The molecule has 3 N–H and O–H groups in total. The first-order chi connectivity index (χ1) is 15.9. The van der Waals surface area contributed by atoms with Gasteiger partial charge in [-0.1, -0.05) is 0 Å². The van der Waals surface area contributed by atoms with Gasteiger partial charge in [0.25, 0.3) is 0 Å². The molecule has 2 aliphatic heterocycles. The Morgan fingerprint density at radius 3 is 2.79 bits per heavy atom. The Hall–Kier alpha value is -3.05. The lowest BCUT2D eigenvalue weighted by Gasteiger charge is -2.37. The first-order valence-corrected chi connectivity index (χ1v) is 11.5. The van der Waals surface area contributed by atoms with Crippen LogP contribution in [0.1, 0.15) is 24.0 Å². The number of likely N-dealkylation sites (tertiary alicyclic amines) is 1. The molecule has 2 aromatic heterocycles. The van der Waals surface area contributed by atoms with Crippen molar-refractivity contribution in [2.24, 2.45) is 5.92 Å². The number of hydrogen-bond acceptors (Lipinski definition) is 7. The number of aromatic nitrogens is 3. The number of anilines is 1. The Morgan fingerprint density at radius 2 is 2.03 bits per heavy atom. The van der Waals surface area contributed by atoms with E-state index in [9.17, 15) is 13.9 Å². The first kappa shape index (κ1) is 20.5. The quantitative estimate of drug-likeness (QED) is 0.403. The number of aliphatic hydroxyl groups is 1. The van der Waals surface area contributed by atoms with Crippen molar-refractivity contribution < 1.29 is 13.9 Å². The Balaban J connectivity index is 1.32. The number of amidine groups is 1. The summed E-state index contributed by atoms with van der Waals surface area (Å²) in [5.74, 6) is 0.0104. The highest BCUT2D eigenvalue weighted by molar-refractivity contribution is 8.26. The minimum absolute atomic E-state index is 0.137. The second-order valence-electron chi connectivity index (χ2n) is 8.80. The molecule has 1 aromatic carbocycles. The Morgan fingerprint density at radius 1 is 1.21 bits per heavy atom. The number of halogens is 2. The lowest BCUT2D eigenvalue weighted by Crippen LogP contribution is -2.52. The van der Waals surface area contributed by atoms with Gasteiger partial charge in [-0.3, -0.25) is 10.8 Å². The smallest absolute Gasteiger partial charge is 0.167 e. The Bertz CT molecular complexity index is 1310. The van der Waals surface area contributed by atoms with Gasteiger partial charge < -0.3 is 14.9 Å². The van der Waals surface area contributed by atoms with Crippen molar-refractivity contribution >= 4 is 33.4 Å². The standard InChI is InChI=1S/C22H21F2N7OS/c23-13-1-2-17(24)16(7-13)22-8-12(22)3-5-30(22)18-4-6-31-20(28-18)15(9-27-31)19(25)33-21(26)29-10-14(32)11-29/h1-2,4,6-7,9,12,14,25-26,32H,3,5,8,10-11H2/t12-,22+/m0/s1. The largest absolute Gasteiger partial charge is 0.389 e. The van der Waals surface area contributed by atoms with Crippen LogP contribution in [0.25, 0.3) is 5.65 Å². The molecule has 0 radical (unpaired) electrons. The van der Waals surface area contributed by atoms with Crippen LogP contribution < -0.4 is 4.90 Å². The third-order valence-corrected chi connectivity index (χ3v) is 7.75. The summed E-state index contributed by atoms with van der Waals surface area (Å²) in [6.07, 6.45) is 4.49. The van der Waals surface area contributed by atoms with Crippen LogP contribution in [0.3, 0.4) is 0 Å². The molecule has 0 unspecified atom stereocenters. The summed E-state index contributed by atoms with van der Waals surface area (Å²) >= 11 is 0.988. The van der Waals surface area contributed by atoms with Crippen molar-refractivity contribution in [2.75, 3.05) is 24.5 Å². The van der Waals surface area contributed by atoms with E-state index in [1.165, 1.54) is 12.1 Å². The fourth-order valence-electron chi connectivity index (χ4n) is 5.10. The van der Waals surface area contributed by atoms with Crippen LogP contribution in [0.15, 0.2) is 36.7 Å². The highest BCUT2D eigenvalue weighted by Crippen LogP contribution is 2.63. The van der Waals surface area contributed by atoms with Gasteiger partial charge in [0, 0.05) is 31.4 Å². The van der Waals surface area contributed by atoms with Gasteiger partial charge >= 0.3 is 0 Å².